The Kier molecular flexibility index (Phi) is 7.63. The van der Waals surface area contributed by atoms with Crippen LogP contribution in [-0.4, -0.2) is 65.7 Å². The van der Waals surface area contributed by atoms with Gasteiger partial charge in [-0.05, 0) is 89.2 Å². The summed E-state index contributed by atoms with van der Waals surface area (Å²) in [5, 5.41) is 0. The number of amides is 1. The molecule has 178 valence electrons. The van der Waals surface area contributed by atoms with Crippen LogP contribution in [0.2, 0.25) is 0 Å². The van der Waals surface area contributed by atoms with E-state index in [1.54, 1.807) is 20.0 Å². The summed E-state index contributed by atoms with van der Waals surface area (Å²) in [6.45, 7) is 8.02. The Bertz CT molecular complexity index is 894. The molecular formula is C27H36FN3O2. The van der Waals surface area contributed by atoms with E-state index in [0.29, 0.717) is 19.1 Å². The maximum absolute atomic E-state index is 13.8. The molecule has 3 heterocycles. The highest BCUT2D eigenvalue weighted by atomic mass is 19.1. The van der Waals surface area contributed by atoms with Crippen LogP contribution in [0, 0.1) is 5.92 Å². The minimum atomic E-state index is -1.14. The second-order valence-electron chi connectivity index (χ2n) is 10.1. The third-order valence-electron chi connectivity index (χ3n) is 6.60. The van der Waals surface area contributed by atoms with Gasteiger partial charge in [0.15, 0.2) is 0 Å². The van der Waals surface area contributed by atoms with Crippen molar-refractivity contribution in [2.75, 3.05) is 39.3 Å². The highest BCUT2D eigenvalue weighted by Crippen LogP contribution is 2.24. The highest BCUT2D eigenvalue weighted by molar-refractivity contribution is 5.94. The topological polar surface area (TPSA) is 45.7 Å². The number of nitrogens with zero attached hydrogens (tertiary/aromatic N) is 3. The second-order valence-corrected chi connectivity index (χ2v) is 10.1. The van der Waals surface area contributed by atoms with E-state index in [1.807, 2.05) is 41.3 Å². The lowest BCUT2D eigenvalue weighted by Gasteiger charge is -2.34. The summed E-state index contributed by atoms with van der Waals surface area (Å²) < 4.78 is 19.8. The van der Waals surface area contributed by atoms with E-state index < -0.39 is 5.67 Å². The largest absolute Gasteiger partial charge is 0.492 e. The Morgan fingerprint density at radius 2 is 1.73 bits per heavy atom. The molecule has 6 heteroatoms. The number of piperidine rings is 2. The summed E-state index contributed by atoms with van der Waals surface area (Å²) in [4.78, 5) is 21.4. The Balaban J connectivity index is 1.26. The molecule has 33 heavy (non-hydrogen) atoms. The Morgan fingerprint density at radius 1 is 1.03 bits per heavy atom. The molecule has 4 rings (SSSR count). The molecule has 0 radical (unpaired) electrons. The molecule has 0 unspecified atom stereocenters. The lowest BCUT2D eigenvalue weighted by atomic mass is 9.97. The van der Waals surface area contributed by atoms with Crippen LogP contribution in [0.5, 0.6) is 5.75 Å². The van der Waals surface area contributed by atoms with Crippen LogP contribution < -0.4 is 4.74 Å². The van der Waals surface area contributed by atoms with Gasteiger partial charge in [-0.3, -0.25) is 9.78 Å². The van der Waals surface area contributed by atoms with Crippen molar-refractivity contribution in [1.82, 2.24) is 14.8 Å². The Morgan fingerprint density at radius 3 is 2.33 bits per heavy atom. The lowest BCUT2D eigenvalue weighted by Crippen LogP contribution is -2.41. The fourth-order valence-electron chi connectivity index (χ4n) is 4.76. The quantitative estimate of drug-likeness (QED) is 0.577. The predicted octanol–water partition coefficient (Wildman–Crippen LogP) is 5.21. The van der Waals surface area contributed by atoms with Crippen LogP contribution in [0.3, 0.4) is 0 Å². The number of halogens is 1. The number of alkyl halides is 1. The lowest BCUT2D eigenvalue weighted by molar-refractivity contribution is 0.0724. The maximum atomic E-state index is 13.8. The molecule has 2 saturated heterocycles. The molecule has 0 saturated carbocycles. The maximum Gasteiger partial charge on any atom is 0.253 e. The molecule has 0 bridgehead atoms. The van der Waals surface area contributed by atoms with Crippen molar-refractivity contribution in [3.8, 4) is 17.0 Å². The van der Waals surface area contributed by atoms with Gasteiger partial charge < -0.3 is 14.5 Å². The number of hydrogen-bond acceptors (Lipinski definition) is 4. The van der Waals surface area contributed by atoms with Gasteiger partial charge in [0, 0.05) is 30.8 Å². The van der Waals surface area contributed by atoms with Crippen LogP contribution in [-0.2, 0) is 0 Å². The number of pyridine rings is 1. The molecule has 2 aliphatic rings. The number of carbonyl (C=O) groups is 1. The summed E-state index contributed by atoms with van der Waals surface area (Å²) in [6.07, 6.45) is 7.24. The van der Waals surface area contributed by atoms with Crippen LogP contribution in [0.4, 0.5) is 4.39 Å². The highest BCUT2D eigenvalue weighted by Gasteiger charge is 2.25. The van der Waals surface area contributed by atoms with Gasteiger partial charge in [0.25, 0.3) is 5.91 Å². The van der Waals surface area contributed by atoms with Gasteiger partial charge in [-0.2, -0.15) is 0 Å². The summed E-state index contributed by atoms with van der Waals surface area (Å²) >= 11 is 0. The van der Waals surface area contributed by atoms with Gasteiger partial charge in [-0.25, -0.2) is 4.39 Å². The zero-order valence-corrected chi connectivity index (χ0v) is 19.9. The first-order valence-corrected chi connectivity index (χ1v) is 12.3. The van der Waals surface area contributed by atoms with Gasteiger partial charge in [-0.15, -0.1) is 0 Å². The van der Waals surface area contributed by atoms with Crippen molar-refractivity contribution in [1.29, 1.82) is 0 Å². The molecular weight excluding hydrogens is 417 g/mol. The van der Waals surface area contributed by atoms with E-state index in [9.17, 15) is 9.18 Å². The number of ether oxygens (including phenoxy) is 1. The molecule has 5 nitrogen and oxygen atoms in total. The molecule has 0 aliphatic carbocycles. The fraction of sp³-hybridized carbons (Fsp3) is 0.556. The van der Waals surface area contributed by atoms with Crippen molar-refractivity contribution in [2.45, 2.75) is 51.6 Å². The minimum absolute atomic E-state index is 0.122. The van der Waals surface area contributed by atoms with Crippen LogP contribution in [0.15, 0.2) is 42.6 Å². The Labute approximate surface area is 196 Å². The van der Waals surface area contributed by atoms with Crippen molar-refractivity contribution in [2.24, 2.45) is 5.92 Å². The molecule has 0 atom stereocenters. The first-order valence-electron chi connectivity index (χ1n) is 12.3. The molecule has 1 amide bonds. The summed E-state index contributed by atoms with van der Waals surface area (Å²) in [6, 6.07) is 11.6. The third kappa shape index (κ3) is 6.76. The average molecular weight is 454 g/mol. The van der Waals surface area contributed by atoms with Gasteiger partial charge in [0.05, 0.1) is 18.5 Å². The van der Waals surface area contributed by atoms with Crippen LogP contribution >= 0.6 is 0 Å². The van der Waals surface area contributed by atoms with Crippen LogP contribution in [0.1, 0.15) is 56.3 Å². The molecule has 0 N–H and O–H groups in total. The van der Waals surface area contributed by atoms with E-state index in [-0.39, 0.29) is 5.91 Å². The Hall–Kier alpha value is -2.47. The smallest absolute Gasteiger partial charge is 0.253 e. The van der Waals surface area contributed by atoms with Crippen molar-refractivity contribution >= 4 is 5.91 Å². The zero-order chi connectivity index (χ0) is 23.3. The van der Waals surface area contributed by atoms with Gasteiger partial charge in [0.2, 0.25) is 0 Å². The second kappa shape index (κ2) is 10.6. The number of likely N-dealkylation sites (tertiary alicyclic amines) is 2. The number of hydrogen-bond donors (Lipinski definition) is 0. The summed E-state index contributed by atoms with van der Waals surface area (Å²) in [7, 11) is 0. The van der Waals surface area contributed by atoms with Crippen molar-refractivity contribution in [3.63, 3.8) is 0 Å². The van der Waals surface area contributed by atoms with E-state index in [4.69, 9.17) is 4.74 Å². The summed E-state index contributed by atoms with van der Waals surface area (Å²) in [5.41, 5.74) is 1.45. The summed E-state index contributed by atoms with van der Waals surface area (Å²) in [5.74, 6) is 1.38. The molecule has 2 aliphatic heterocycles. The van der Waals surface area contributed by atoms with Gasteiger partial charge in [-0.1, -0.05) is 12.1 Å². The van der Waals surface area contributed by atoms with E-state index in [1.165, 1.54) is 6.42 Å². The average Bonchev–Trinajstić information content (AvgIpc) is 2.83. The van der Waals surface area contributed by atoms with Crippen LogP contribution in [0.25, 0.3) is 11.3 Å². The minimum Gasteiger partial charge on any atom is -0.492 e. The zero-order valence-electron chi connectivity index (χ0n) is 19.9. The van der Waals surface area contributed by atoms with Crippen molar-refractivity contribution < 1.29 is 13.9 Å². The van der Waals surface area contributed by atoms with Crippen molar-refractivity contribution in [3.05, 3.63) is 48.2 Å². The number of aromatic nitrogens is 1. The van der Waals surface area contributed by atoms with Gasteiger partial charge in [0.1, 0.15) is 11.4 Å². The van der Waals surface area contributed by atoms with E-state index >= 15 is 0 Å². The number of benzene rings is 1. The molecule has 2 aromatic rings. The van der Waals surface area contributed by atoms with Gasteiger partial charge >= 0.3 is 0 Å². The predicted molar refractivity (Wildman–Crippen MR) is 129 cm³/mol. The first-order chi connectivity index (χ1) is 15.9. The molecule has 0 spiro atoms. The number of rotatable bonds is 7. The fourth-order valence-corrected chi connectivity index (χ4v) is 4.76. The van der Waals surface area contributed by atoms with E-state index in [0.717, 1.165) is 74.4 Å². The normalized spacial score (nSPS) is 18.3. The third-order valence-corrected chi connectivity index (χ3v) is 6.60. The molecule has 1 aromatic heterocycles. The first kappa shape index (κ1) is 23.7. The monoisotopic (exact) mass is 453 g/mol. The molecule has 1 aromatic carbocycles. The SMILES string of the molecule is CC(C)(F)CN1CCC(COc2ccc(-c3ccc(C(=O)N4CCCCC4)cc3)nc2)CC1. The number of carbonyl (C=O) groups excluding carboxylic acids is 1. The molecule has 2 fully saturated rings. The standard InChI is InChI=1S/C27H36FN3O2/c1-27(2,28)20-30-16-12-21(13-17-30)19-33-24-10-11-25(29-18-24)22-6-8-23(9-7-22)26(32)31-14-4-3-5-15-31/h6-11,18,21H,3-5,12-17,19-20H2,1-2H3. The van der Waals surface area contributed by atoms with E-state index in [2.05, 4.69) is 9.88 Å².